The van der Waals surface area contributed by atoms with Crippen molar-refractivity contribution in [2.24, 2.45) is 0 Å². The largest absolute Gasteiger partial charge is 0.419 e. The number of aromatic nitrogens is 1. The lowest BCUT2D eigenvalue weighted by Gasteiger charge is -2.40. The summed E-state index contributed by atoms with van der Waals surface area (Å²) in [5.41, 5.74) is 1.33. The number of rotatable bonds is 7. The molecule has 2 aromatic rings. The van der Waals surface area contributed by atoms with E-state index in [0.29, 0.717) is 17.0 Å². The number of hydrogen-bond acceptors (Lipinski definition) is 5. The van der Waals surface area contributed by atoms with E-state index >= 15 is 0 Å². The standard InChI is InChI=1S/C22H33N3O3S/c1-29(27)19-9-10-20-21(17-19)28-22(26)25(20)12-6-5-11-23-13-15-24(16-14-23)18-7-3-2-4-8-18/h9-10,17-18H,2-8,11-16H2,1H3. The van der Waals surface area contributed by atoms with Crippen LogP contribution in [0.2, 0.25) is 0 Å². The molecule has 0 spiro atoms. The number of hydrogen-bond donors (Lipinski definition) is 0. The van der Waals surface area contributed by atoms with Gasteiger partial charge in [0, 0.05) is 60.7 Å². The fourth-order valence-corrected chi connectivity index (χ4v) is 5.37. The van der Waals surface area contributed by atoms with Crippen LogP contribution >= 0.6 is 0 Å². The predicted octanol–water partition coefficient (Wildman–Crippen LogP) is 3.06. The number of piperazine rings is 1. The number of benzene rings is 1. The molecule has 2 fully saturated rings. The van der Waals surface area contributed by atoms with Crippen LogP contribution in [0.4, 0.5) is 0 Å². The molecule has 7 heteroatoms. The van der Waals surface area contributed by atoms with Crippen molar-refractivity contribution in [1.29, 1.82) is 0 Å². The zero-order chi connectivity index (χ0) is 20.2. The van der Waals surface area contributed by atoms with Crippen LogP contribution in [0, 0.1) is 0 Å². The van der Waals surface area contributed by atoms with E-state index < -0.39 is 10.8 Å². The summed E-state index contributed by atoms with van der Waals surface area (Å²) in [6.07, 6.45) is 10.7. The average molecular weight is 420 g/mol. The van der Waals surface area contributed by atoms with Gasteiger partial charge in [0.1, 0.15) is 0 Å². The number of aryl methyl sites for hydroxylation is 1. The van der Waals surface area contributed by atoms with Gasteiger partial charge in [-0.15, -0.1) is 0 Å². The van der Waals surface area contributed by atoms with Crippen molar-refractivity contribution in [2.45, 2.75) is 62.4 Å². The lowest BCUT2D eigenvalue weighted by atomic mass is 9.94. The molecule has 1 saturated heterocycles. The smallest absolute Gasteiger partial charge is 0.408 e. The third-order valence-electron chi connectivity index (χ3n) is 6.58. The van der Waals surface area contributed by atoms with Crippen LogP contribution in [0.15, 0.2) is 32.3 Å². The highest BCUT2D eigenvalue weighted by atomic mass is 32.2. The fourth-order valence-electron chi connectivity index (χ4n) is 4.84. The molecule has 1 aliphatic heterocycles. The van der Waals surface area contributed by atoms with Crippen molar-refractivity contribution in [2.75, 3.05) is 39.0 Å². The van der Waals surface area contributed by atoms with E-state index in [1.807, 2.05) is 12.1 Å². The molecule has 1 aliphatic carbocycles. The minimum absolute atomic E-state index is 0.319. The molecule has 2 aliphatic rings. The summed E-state index contributed by atoms with van der Waals surface area (Å²) < 4.78 is 18.7. The van der Waals surface area contributed by atoms with Crippen LogP contribution in [-0.4, -0.2) is 63.6 Å². The fraction of sp³-hybridized carbons (Fsp3) is 0.682. The van der Waals surface area contributed by atoms with E-state index in [1.54, 1.807) is 16.9 Å². The molecule has 160 valence electrons. The molecular weight excluding hydrogens is 386 g/mol. The molecule has 1 aromatic heterocycles. The van der Waals surface area contributed by atoms with E-state index in [1.165, 1.54) is 58.3 Å². The Hall–Kier alpha value is -1.44. The molecule has 0 N–H and O–H groups in total. The Morgan fingerprint density at radius 1 is 1.03 bits per heavy atom. The van der Waals surface area contributed by atoms with E-state index in [0.717, 1.165) is 30.9 Å². The lowest BCUT2D eigenvalue weighted by molar-refractivity contribution is 0.0780. The van der Waals surface area contributed by atoms with Crippen molar-refractivity contribution in [3.8, 4) is 0 Å². The van der Waals surface area contributed by atoms with Crippen molar-refractivity contribution >= 4 is 21.9 Å². The quantitative estimate of drug-likeness (QED) is 0.646. The molecule has 1 atom stereocenters. The van der Waals surface area contributed by atoms with Crippen LogP contribution in [-0.2, 0) is 17.3 Å². The number of unbranched alkanes of at least 4 members (excludes halogenated alkanes) is 1. The third kappa shape index (κ3) is 5.01. The molecule has 0 radical (unpaired) electrons. The monoisotopic (exact) mass is 419 g/mol. The van der Waals surface area contributed by atoms with Gasteiger partial charge < -0.3 is 9.32 Å². The first-order valence-corrected chi connectivity index (χ1v) is 12.6. The molecule has 6 nitrogen and oxygen atoms in total. The van der Waals surface area contributed by atoms with Gasteiger partial charge >= 0.3 is 5.76 Å². The minimum atomic E-state index is -1.08. The second kappa shape index (κ2) is 9.58. The molecule has 1 aromatic carbocycles. The topological polar surface area (TPSA) is 58.7 Å². The highest BCUT2D eigenvalue weighted by molar-refractivity contribution is 7.84. The Balaban J connectivity index is 1.23. The molecule has 1 saturated carbocycles. The van der Waals surface area contributed by atoms with Gasteiger partial charge in [0.2, 0.25) is 0 Å². The normalized spacial score (nSPS) is 21.0. The Kier molecular flexibility index (Phi) is 6.88. The van der Waals surface area contributed by atoms with Gasteiger partial charge in [-0.2, -0.15) is 0 Å². The van der Waals surface area contributed by atoms with E-state index in [4.69, 9.17) is 4.42 Å². The molecule has 4 rings (SSSR count). The lowest BCUT2D eigenvalue weighted by Crippen LogP contribution is -2.50. The Bertz CT molecular complexity index is 892. The zero-order valence-electron chi connectivity index (χ0n) is 17.5. The first kappa shape index (κ1) is 20.8. The van der Waals surface area contributed by atoms with E-state index in [9.17, 15) is 9.00 Å². The van der Waals surface area contributed by atoms with Gasteiger partial charge in [-0.1, -0.05) is 19.3 Å². The van der Waals surface area contributed by atoms with Gasteiger partial charge in [-0.05, 0) is 50.4 Å². The van der Waals surface area contributed by atoms with Crippen LogP contribution in [0.25, 0.3) is 11.1 Å². The predicted molar refractivity (Wildman–Crippen MR) is 117 cm³/mol. The maximum absolute atomic E-state index is 12.2. The molecule has 0 bridgehead atoms. The second-order valence-corrected chi connectivity index (χ2v) is 9.86. The molecule has 0 amide bonds. The Labute approximate surface area is 175 Å². The highest BCUT2D eigenvalue weighted by Gasteiger charge is 2.24. The van der Waals surface area contributed by atoms with Crippen LogP contribution in [0.3, 0.4) is 0 Å². The maximum Gasteiger partial charge on any atom is 0.419 e. The summed E-state index contributed by atoms with van der Waals surface area (Å²) in [6, 6.07) is 6.21. The van der Waals surface area contributed by atoms with Crippen LogP contribution < -0.4 is 5.76 Å². The van der Waals surface area contributed by atoms with Gasteiger partial charge in [0.15, 0.2) is 5.58 Å². The van der Waals surface area contributed by atoms with Crippen molar-refractivity contribution in [3.63, 3.8) is 0 Å². The molecule has 1 unspecified atom stereocenters. The van der Waals surface area contributed by atoms with Gasteiger partial charge in [0.25, 0.3) is 0 Å². The molecule has 29 heavy (non-hydrogen) atoms. The van der Waals surface area contributed by atoms with Gasteiger partial charge in [-0.3, -0.25) is 13.7 Å². The summed E-state index contributed by atoms with van der Waals surface area (Å²) in [4.78, 5) is 18.2. The Morgan fingerprint density at radius 3 is 2.48 bits per heavy atom. The summed E-state index contributed by atoms with van der Waals surface area (Å²) in [7, 11) is -1.08. The van der Waals surface area contributed by atoms with E-state index in [-0.39, 0.29) is 5.76 Å². The van der Waals surface area contributed by atoms with Crippen LogP contribution in [0.1, 0.15) is 44.9 Å². The number of nitrogens with zero attached hydrogens (tertiary/aromatic N) is 3. The number of fused-ring (bicyclic) bond motifs is 1. The zero-order valence-corrected chi connectivity index (χ0v) is 18.3. The SMILES string of the molecule is CS(=O)c1ccc2c(c1)oc(=O)n2CCCCN1CCN(C2CCCCC2)CC1. The van der Waals surface area contributed by atoms with E-state index in [2.05, 4.69) is 9.80 Å². The first-order chi connectivity index (χ1) is 14.1. The van der Waals surface area contributed by atoms with Crippen molar-refractivity contribution < 1.29 is 8.63 Å². The first-order valence-electron chi connectivity index (χ1n) is 11.0. The maximum atomic E-state index is 12.2. The van der Waals surface area contributed by atoms with Gasteiger partial charge in [-0.25, -0.2) is 4.79 Å². The third-order valence-corrected chi connectivity index (χ3v) is 7.49. The minimum Gasteiger partial charge on any atom is -0.408 e. The Morgan fingerprint density at radius 2 is 1.76 bits per heavy atom. The van der Waals surface area contributed by atoms with Crippen molar-refractivity contribution in [3.05, 3.63) is 28.7 Å². The summed E-state index contributed by atoms with van der Waals surface area (Å²) >= 11 is 0. The average Bonchev–Trinajstić information content (AvgIpc) is 3.06. The summed E-state index contributed by atoms with van der Waals surface area (Å²) in [6.45, 7) is 6.52. The summed E-state index contributed by atoms with van der Waals surface area (Å²) in [5, 5.41) is 0. The molecule has 2 heterocycles. The highest BCUT2D eigenvalue weighted by Crippen LogP contribution is 2.23. The summed E-state index contributed by atoms with van der Waals surface area (Å²) in [5.74, 6) is -0.319. The van der Waals surface area contributed by atoms with Crippen LogP contribution in [0.5, 0.6) is 0 Å². The number of oxazole rings is 1. The second-order valence-electron chi connectivity index (χ2n) is 8.48. The van der Waals surface area contributed by atoms with Gasteiger partial charge in [0.05, 0.1) is 5.52 Å². The van der Waals surface area contributed by atoms with Crippen molar-refractivity contribution in [1.82, 2.24) is 14.4 Å². The molecular formula is C22H33N3O3S.